The van der Waals surface area contributed by atoms with Crippen molar-refractivity contribution in [1.82, 2.24) is 9.36 Å². The van der Waals surface area contributed by atoms with Crippen LogP contribution in [0.1, 0.15) is 19.2 Å². The van der Waals surface area contributed by atoms with Gasteiger partial charge in [-0.05, 0) is 6.42 Å². The molecule has 1 rings (SSSR count). The summed E-state index contributed by atoms with van der Waals surface area (Å²) in [6, 6.07) is 0. The summed E-state index contributed by atoms with van der Waals surface area (Å²) in [5.41, 5.74) is 0. The number of halogens is 3. The van der Waals surface area contributed by atoms with Crippen molar-refractivity contribution in [3.8, 4) is 0 Å². The Morgan fingerprint density at radius 2 is 2.14 bits per heavy atom. The summed E-state index contributed by atoms with van der Waals surface area (Å²) in [5, 5.41) is 3.33. The molecule has 0 aliphatic heterocycles. The van der Waals surface area contributed by atoms with E-state index in [-0.39, 0.29) is 5.82 Å². The van der Waals surface area contributed by atoms with Crippen molar-refractivity contribution >= 4 is 16.7 Å². The molecule has 0 aliphatic rings. The number of anilines is 1. The lowest BCUT2D eigenvalue weighted by Gasteiger charge is -2.01. The van der Waals surface area contributed by atoms with Gasteiger partial charge in [0.15, 0.2) is 5.82 Å². The van der Waals surface area contributed by atoms with Gasteiger partial charge in [-0.15, -0.1) is 0 Å². The zero-order valence-electron chi connectivity index (χ0n) is 7.56. The van der Waals surface area contributed by atoms with Gasteiger partial charge in [0.2, 0.25) is 5.13 Å². The first-order valence-electron chi connectivity index (χ1n) is 4.14. The number of nitrogens with zero attached hydrogens (tertiary/aromatic N) is 2. The van der Waals surface area contributed by atoms with E-state index in [1.54, 1.807) is 0 Å². The van der Waals surface area contributed by atoms with Crippen molar-refractivity contribution in [3.63, 3.8) is 0 Å². The van der Waals surface area contributed by atoms with Gasteiger partial charge in [-0.25, -0.2) is 4.98 Å². The van der Waals surface area contributed by atoms with Crippen LogP contribution in [-0.2, 0) is 6.42 Å². The van der Waals surface area contributed by atoms with Crippen LogP contribution >= 0.6 is 11.5 Å². The highest BCUT2D eigenvalue weighted by atomic mass is 32.1. The molecule has 0 atom stereocenters. The van der Waals surface area contributed by atoms with Crippen molar-refractivity contribution in [2.45, 2.75) is 25.9 Å². The van der Waals surface area contributed by atoms with Gasteiger partial charge in [0.05, 0.1) is 0 Å². The average Bonchev–Trinajstić information content (AvgIpc) is 2.46. The minimum absolute atomic E-state index is 0.166. The van der Waals surface area contributed by atoms with Gasteiger partial charge in [0, 0.05) is 18.1 Å². The molecule has 0 amide bonds. The molecule has 0 aromatic carbocycles. The van der Waals surface area contributed by atoms with Gasteiger partial charge >= 0.3 is 6.18 Å². The Bertz CT molecular complexity index is 284. The largest absolute Gasteiger partial charge is 0.396 e. The minimum Gasteiger partial charge on any atom is -0.360 e. The van der Waals surface area contributed by atoms with Crippen LogP contribution in [-0.4, -0.2) is 22.1 Å². The fourth-order valence-electron chi connectivity index (χ4n) is 0.809. The monoisotopic (exact) mass is 225 g/mol. The molecule has 3 nitrogen and oxygen atoms in total. The van der Waals surface area contributed by atoms with Crippen molar-refractivity contribution in [1.29, 1.82) is 0 Å². The fourth-order valence-corrected chi connectivity index (χ4v) is 1.42. The Kier molecular flexibility index (Phi) is 3.68. The van der Waals surface area contributed by atoms with E-state index in [0.29, 0.717) is 11.7 Å². The van der Waals surface area contributed by atoms with E-state index in [4.69, 9.17) is 0 Å². The molecule has 1 aromatic heterocycles. The van der Waals surface area contributed by atoms with Gasteiger partial charge in [-0.3, -0.25) is 0 Å². The summed E-state index contributed by atoms with van der Waals surface area (Å²) in [6.45, 7) is 2.66. The second-order valence-electron chi connectivity index (χ2n) is 2.73. The van der Waals surface area contributed by atoms with E-state index in [1.165, 1.54) is 0 Å². The van der Waals surface area contributed by atoms with Crippen molar-refractivity contribution < 1.29 is 13.2 Å². The lowest BCUT2D eigenvalue weighted by Crippen LogP contribution is -2.12. The SMILES string of the molecule is CCCNc1nc(CC(F)(F)F)ns1. The summed E-state index contributed by atoms with van der Waals surface area (Å²) in [4.78, 5) is 3.71. The number of aromatic nitrogens is 2. The molecular formula is C7H10F3N3S. The first kappa shape index (κ1) is 11.2. The molecule has 0 unspecified atom stereocenters. The summed E-state index contributed by atoms with van der Waals surface area (Å²) in [5.74, 6) is -0.166. The van der Waals surface area contributed by atoms with Gasteiger partial charge < -0.3 is 5.32 Å². The number of alkyl halides is 3. The maximum Gasteiger partial charge on any atom is 0.396 e. The van der Waals surface area contributed by atoms with Gasteiger partial charge in [0.1, 0.15) is 6.42 Å². The minimum atomic E-state index is -4.23. The predicted molar refractivity (Wildman–Crippen MR) is 48.4 cm³/mol. The Hall–Kier alpha value is -0.850. The molecule has 7 heteroatoms. The number of hydrogen-bond donors (Lipinski definition) is 1. The molecule has 1 aromatic rings. The standard InChI is InChI=1S/C7H10F3N3S/c1-2-3-11-6-12-5(13-14-6)4-7(8,9)10/h2-4H2,1H3,(H,11,12,13). The fraction of sp³-hybridized carbons (Fsp3) is 0.714. The van der Waals surface area contributed by atoms with Crippen LogP contribution < -0.4 is 5.32 Å². The molecule has 0 aliphatic carbocycles. The van der Waals surface area contributed by atoms with Crippen LogP contribution in [0, 0.1) is 0 Å². The predicted octanol–water partition coefficient (Wildman–Crippen LogP) is 2.46. The Balaban J connectivity index is 2.51. The normalized spacial score (nSPS) is 11.7. The smallest absolute Gasteiger partial charge is 0.360 e. The molecule has 0 saturated heterocycles. The summed E-state index contributed by atoms with van der Waals surface area (Å²) in [6.07, 6.45) is -4.39. The number of nitrogens with one attached hydrogen (secondary N) is 1. The lowest BCUT2D eigenvalue weighted by atomic mass is 10.4. The highest BCUT2D eigenvalue weighted by Crippen LogP contribution is 2.21. The molecule has 0 spiro atoms. The summed E-state index contributed by atoms with van der Waals surface area (Å²) >= 11 is 0.958. The van der Waals surface area contributed by atoms with Crippen LogP contribution in [0.4, 0.5) is 18.3 Å². The molecule has 0 saturated carbocycles. The topological polar surface area (TPSA) is 37.8 Å². The zero-order chi connectivity index (χ0) is 10.6. The van der Waals surface area contributed by atoms with E-state index >= 15 is 0 Å². The third-order valence-electron chi connectivity index (χ3n) is 1.35. The van der Waals surface area contributed by atoms with Gasteiger partial charge in [0.25, 0.3) is 0 Å². The van der Waals surface area contributed by atoms with Crippen LogP contribution in [0.2, 0.25) is 0 Å². The van der Waals surface area contributed by atoms with Crippen LogP contribution in [0.3, 0.4) is 0 Å². The second kappa shape index (κ2) is 4.59. The molecular weight excluding hydrogens is 215 g/mol. The van der Waals surface area contributed by atoms with Crippen molar-refractivity contribution in [3.05, 3.63) is 5.82 Å². The van der Waals surface area contributed by atoms with Gasteiger partial charge in [-0.1, -0.05) is 6.92 Å². The van der Waals surface area contributed by atoms with Crippen molar-refractivity contribution in [2.75, 3.05) is 11.9 Å². The lowest BCUT2D eigenvalue weighted by molar-refractivity contribution is -0.128. The molecule has 0 bridgehead atoms. The third-order valence-corrected chi connectivity index (χ3v) is 2.06. The summed E-state index contributed by atoms with van der Waals surface area (Å²) < 4.78 is 39.3. The highest BCUT2D eigenvalue weighted by Gasteiger charge is 2.29. The third kappa shape index (κ3) is 3.91. The van der Waals surface area contributed by atoms with Crippen LogP contribution in [0.15, 0.2) is 0 Å². The maximum absolute atomic E-state index is 11.9. The van der Waals surface area contributed by atoms with Crippen LogP contribution in [0.25, 0.3) is 0 Å². The molecule has 14 heavy (non-hydrogen) atoms. The highest BCUT2D eigenvalue weighted by molar-refractivity contribution is 7.09. The molecule has 1 N–H and O–H groups in total. The van der Waals surface area contributed by atoms with E-state index in [9.17, 15) is 13.2 Å². The second-order valence-corrected chi connectivity index (χ2v) is 3.49. The van der Waals surface area contributed by atoms with E-state index < -0.39 is 12.6 Å². The Morgan fingerprint density at radius 3 is 2.71 bits per heavy atom. The first-order chi connectivity index (χ1) is 6.51. The number of hydrogen-bond acceptors (Lipinski definition) is 4. The first-order valence-corrected chi connectivity index (χ1v) is 4.92. The average molecular weight is 225 g/mol. The molecule has 1 heterocycles. The molecule has 0 radical (unpaired) electrons. The van der Waals surface area contributed by atoms with E-state index in [0.717, 1.165) is 18.0 Å². The summed E-state index contributed by atoms with van der Waals surface area (Å²) in [7, 11) is 0. The van der Waals surface area contributed by atoms with Gasteiger partial charge in [-0.2, -0.15) is 17.5 Å². The van der Waals surface area contributed by atoms with E-state index in [1.807, 2.05) is 6.92 Å². The quantitative estimate of drug-likeness (QED) is 0.855. The number of rotatable bonds is 4. The molecule has 0 fully saturated rings. The molecule has 80 valence electrons. The van der Waals surface area contributed by atoms with E-state index in [2.05, 4.69) is 14.7 Å². The Morgan fingerprint density at radius 1 is 1.43 bits per heavy atom. The maximum atomic E-state index is 11.9. The van der Waals surface area contributed by atoms with Crippen LogP contribution in [0.5, 0.6) is 0 Å². The zero-order valence-corrected chi connectivity index (χ0v) is 8.37. The Labute approximate surface area is 83.5 Å². The van der Waals surface area contributed by atoms with Crippen molar-refractivity contribution in [2.24, 2.45) is 0 Å².